The van der Waals surface area contributed by atoms with Crippen molar-refractivity contribution >= 4 is 27.5 Å². The Hall–Kier alpha value is -2.16. The molecule has 6 nitrogen and oxygen atoms in total. The molecule has 0 aromatic heterocycles. The fraction of sp³-hybridized carbons (Fsp3) is 0.316. The summed E-state index contributed by atoms with van der Waals surface area (Å²) in [7, 11) is -4.01. The second-order valence-corrected chi connectivity index (χ2v) is 8.14. The predicted molar refractivity (Wildman–Crippen MR) is 106 cm³/mol. The molecule has 0 aliphatic rings. The van der Waals surface area contributed by atoms with Crippen molar-refractivity contribution in [3.8, 4) is 5.75 Å². The van der Waals surface area contributed by atoms with Crippen LogP contribution in [0.5, 0.6) is 5.75 Å². The summed E-state index contributed by atoms with van der Waals surface area (Å²) in [5.74, 6) is -0.807. The van der Waals surface area contributed by atoms with Crippen LogP contribution in [0.25, 0.3) is 0 Å². The third-order valence-corrected chi connectivity index (χ3v) is 6.30. The molecule has 2 aromatic carbocycles. The molecule has 0 bridgehead atoms. The SMILES string of the molecule is CCN(CC)S(=O)(=O)c1cc(C(=O)NCCOc2ccc(Cl)cc2)ccc1F. The lowest BCUT2D eigenvalue weighted by Gasteiger charge is -2.19. The summed E-state index contributed by atoms with van der Waals surface area (Å²) in [6, 6.07) is 10.1. The van der Waals surface area contributed by atoms with Crippen LogP contribution in [0.4, 0.5) is 4.39 Å². The first-order chi connectivity index (χ1) is 13.3. The van der Waals surface area contributed by atoms with Gasteiger partial charge in [0.1, 0.15) is 23.1 Å². The highest BCUT2D eigenvalue weighted by molar-refractivity contribution is 7.89. The van der Waals surface area contributed by atoms with E-state index in [-0.39, 0.29) is 31.8 Å². The van der Waals surface area contributed by atoms with Crippen molar-refractivity contribution in [2.45, 2.75) is 18.7 Å². The zero-order valence-electron chi connectivity index (χ0n) is 15.6. The smallest absolute Gasteiger partial charge is 0.251 e. The van der Waals surface area contributed by atoms with E-state index in [4.69, 9.17) is 16.3 Å². The van der Waals surface area contributed by atoms with E-state index < -0.39 is 26.6 Å². The van der Waals surface area contributed by atoms with Crippen molar-refractivity contribution < 1.29 is 22.3 Å². The van der Waals surface area contributed by atoms with Crippen LogP contribution in [-0.2, 0) is 10.0 Å². The van der Waals surface area contributed by atoms with Crippen molar-refractivity contribution in [3.05, 3.63) is 58.9 Å². The van der Waals surface area contributed by atoms with Gasteiger partial charge in [-0.1, -0.05) is 25.4 Å². The molecule has 0 heterocycles. The van der Waals surface area contributed by atoms with Gasteiger partial charge in [-0.15, -0.1) is 0 Å². The van der Waals surface area contributed by atoms with Gasteiger partial charge in [-0.3, -0.25) is 4.79 Å². The highest BCUT2D eigenvalue weighted by Gasteiger charge is 2.26. The quantitative estimate of drug-likeness (QED) is 0.621. The van der Waals surface area contributed by atoms with Gasteiger partial charge in [0.15, 0.2) is 0 Å². The molecule has 1 N–H and O–H groups in total. The molecule has 0 spiro atoms. The Morgan fingerprint density at radius 3 is 2.39 bits per heavy atom. The Morgan fingerprint density at radius 1 is 1.14 bits per heavy atom. The highest BCUT2D eigenvalue weighted by Crippen LogP contribution is 2.21. The Labute approximate surface area is 169 Å². The van der Waals surface area contributed by atoms with Crippen LogP contribution in [0.3, 0.4) is 0 Å². The maximum atomic E-state index is 14.1. The number of amides is 1. The van der Waals surface area contributed by atoms with E-state index in [0.717, 1.165) is 16.4 Å². The zero-order chi connectivity index (χ0) is 20.7. The fourth-order valence-electron chi connectivity index (χ4n) is 2.51. The van der Waals surface area contributed by atoms with E-state index in [1.165, 1.54) is 6.07 Å². The van der Waals surface area contributed by atoms with Gasteiger partial charge in [-0.25, -0.2) is 12.8 Å². The van der Waals surface area contributed by atoms with Crippen molar-refractivity contribution in [1.29, 1.82) is 0 Å². The molecule has 0 saturated carbocycles. The number of halogens is 2. The standard InChI is InChI=1S/C19H22ClFN2O4S/c1-3-23(4-2)28(25,26)18-13-14(5-10-17(18)21)19(24)22-11-12-27-16-8-6-15(20)7-9-16/h5-10,13H,3-4,11-12H2,1-2H3,(H,22,24). The lowest BCUT2D eigenvalue weighted by molar-refractivity contribution is 0.0946. The molecule has 0 unspecified atom stereocenters. The summed E-state index contributed by atoms with van der Waals surface area (Å²) in [5, 5.41) is 3.21. The fourth-order valence-corrected chi connectivity index (χ4v) is 4.19. The first-order valence-corrected chi connectivity index (χ1v) is 10.6. The van der Waals surface area contributed by atoms with Crippen LogP contribution in [0.1, 0.15) is 24.2 Å². The number of rotatable bonds is 9. The Bertz CT molecular complexity index is 916. The van der Waals surface area contributed by atoms with Crippen molar-refractivity contribution in [2.75, 3.05) is 26.2 Å². The molecular weight excluding hydrogens is 407 g/mol. The minimum atomic E-state index is -4.01. The summed E-state index contributed by atoms with van der Waals surface area (Å²) in [6.45, 7) is 4.13. The average Bonchev–Trinajstić information content (AvgIpc) is 2.67. The van der Waals surface area contributed by atoms with Gasteiger partial charge in [-0.2, -0.15) is 4.31 Å². The number of hydrogen-bond donors (Lipinski definition) is 1. The number of nitrogens with zero attached hydrogens (tertiary/aromatic N) is 1. The molecule has 0 fully saturated rings. The van der Waals surface area contributed by atoms with Gasteiger partial charge in [0.25, 0.3) is 5.91 Å². The van der Waals surface area contributed by atoms with Gasteiger partial charge >= 0.3 is 0 Å². The van der Waals surface area contributed by atoms with Crippen LogP contribution in [0.2, 0.25) is 5.02 Å². The number of benzene rings is 2. The summed E-state index contributed by atoms with van der Waals surface area (Å²) >= 11 is 5.79. The topological polar surface area (TPSA) is 75.7 Å². The summed E-state index contributed by atoms with van der Waals surface area (Å²) < 4.78 is 45.8. The first-order valence-electron chi connectivity index (χ1n) is 8.75. The minimum Gasteiger partial charge on any atom is -0.492 e. The third kappa shape index (κ3) is 5.43. The number of hydrogen-bond acceptors (Lipinski definition) is 4. The molecular formula is C19H22ClFN2O4S. The number of carbonyl (C=O) groups excluding carboxylic acids is 1. The molecule has 28 heavy (non-hydrogen) atoms. The number of sulfonamides is 1. The molecule has 0 radical (unpaired) electrons. The molecule has 0 aliphatic carbocycles. The van der Waals surface area contributed by atoms with Crippen LogP contribution in [-0.4, -0.2) is 44.9 Å². The number of carbonyl (C=O) groups is 1. The molecule has 152 valence electrons. The second-order valence-electron chi connectivity index (χ2n) is 5.79. The third-order valence-electron chi connectivity index (χ3n) is 3.99. The van der Waals surface area contributed by atoms with E-state index in [2.05, 4.69) is 5.32 Å². The van der Waals surface area contributed by atoms with E-state index in [0.29, 0.717) is 10.8 Å². The largest absolute Gasteiger partial charge is 0.492 e. The van der Waals surface area contributed by atoms with Crippen molar-refractivity contribution in [1.82, 2.24) is 9.62 Å². The molecule has 1 amide bonds. The lowest BCUT2D eigenvalue weighted by Crippen LogP contribution is -2.32. The number of ether oxygens (including phenoxy) is 1. The van der Waals surface area contributed by atoms with E-state index in [1.54, 1.807) is 38.1 Å². The maximum Gasteiger partial charge on any atom is 0.251 e. The van der Waals surface area contributed by atoms with Crippen LogP contribution < -0.4 is 10.1 Å². The summed E-state index contributed by atoms with van der Waals surface area (Å²) in [6.07, 6.45) is 0. The van der Waals surface area contributed by atoms with Gasteiger partial charge in [0.2, 0.25) is 10.0 Å². The molecule has 2 aromatic rings. The van der Waals surface area contributed by atoms with Crippen LogP contribution in [0.15, 0.2) is 47.4 Å². The van der Waals surface area contributed by atoms with Crippen molar-refractivity contribution in [2.24, 2.45) is 0 Å². The van der Waals surface area contributed by atoms with E-state index >= 15 is 0 Å². The van der Waals surface area contributed by atoms with E-state index in [9.17, 15) is 17.6 Å². The Morgan fingerprint density at radius 2 is 1.79 bits per heavy atom. The van der Waals surface area contributed by atoms with Gasteiger partial charge in [-0.05, 0) is 42.5 Å². The highest BCUT2D eigenvalue weighted by atomic mass is 35.5. The molecule has 0 atom stereocenters. The summed E-state index contributed by atoms with van der Waals surface area (Å²) in [4.78, 5) is 11.8. The first kappa shape index (κ1) is 22.1. The monoisotopic (exact) mass is 428 g/mol. The summed E-state index contributed by atoms with van der Waals surface area (Å²) in [5.41, 5.74) is 0.0543. The van der Waals surface area contributed by atoms with Crippen LogP contribution >= 0.6 is 11.6 Å². The van der Waals surface area contributed by atoms with Gasteiger partial charge < -0.3 is 10.1 Å². The molecule has 2 rings (SSSR count). The zero-order valence-corrected chi connectivity index (χ0v) is 17.2. The number of nitrogens with one attached hydrogen (secondary N) is 1. The maximum absolute atomic E-state index is 14.1. The lowest BCUT2D eigenvalue weighted by atomic mass is 10.2. The Balaban J connectivity index is 2.02. The molecule has 0 saturated heterocycles. The normalized spacial score (nSPS) is 11.5. The molecule has 9 heteroatoms. The van der Waals surface area contributed by atoms with Crippen LogP contribution in [0, 0.1) is 5.82 Å². The minimum absolute atomic E-state index is 0.0543. The Kier molecular flexibility index (Phi) is 7.79. The van der Waals surface area contributed by atoms with E-state index in [1.807, 2.05) is 0 Å². The molecule has 0 aliphatic heterocycles. The van der Waals surface area contributed by atoms with Gasteiger partial charge in [0, 0.05) is 23.7 Å². The second kappa shape index (κ2) is 9.86. The average molecular weight is 429 g/mol. The predicted octanol–water partition coefficient (Wildman–Crippen LogP) is 3.32. The van der Waals surface area contributed by atoms with Crippen molar-refractivity contribution in [3.63, 3.8) is 0 Å². The van der Waals surface area contributed by atoms with Gasteiger partial charge in [0.05, 0.1) is 6.54 Å².